The lowest BCUT2D eigenvalue weighted by molar-refractivity contribution is -0.131. The van der Waals surface area contributed by atoms with E-state index >= 15 is 0 Å². The van der Waals surface area contributed by atoms with E-state index in [2.05, 4.69) is 15.9 Å². The third kappa shape index (κ3) is 2.23. The molecule has 0 aliphatic carbocycles. The van der Waals surface area contributed by atoms with Crippen LogP contribution in [0.25, 0.3) is 0 Å². The van der Waals surface area contributed by atoms with Crippen molar-refractivity contribution in [2.24, 2.45) is 0 Å². The minimum atomic E-state index is -0.341. The summed E-state index contributed by atoms with van der Waals surface area (Å²) in [4.78, 5) is 10.5. The minimum Gasteiger partial charge on any atom is -0.427 e. The third-order valence-electron chi connectivity index (χ3n) is 1.23. The Bertz CT molecular complexity index is 312. The molecule has 1 aromatic carbocycles. The molecule has 3 nitrogen and oxygen atoms in total. The zero-order chi connectivity index (χ0) is 9.14. The number of carbonyl (C=O) groups excluding carboxylic acids is 1. The van der Waals surface area contributed by atoms with Crippen LogP contribution in [0.4, 0.5) is 5.69 Å². The molecule has 2 N–H and O–H groups in total. The zero-order valence-corrected chi connectivity index (χ0v) is 8.09. The average Bonchev–Trinajstić information content (AvgIpc) is 1.96. The third-order valence-corrected chi connectivity index (χ3v) is 1.92. The Labute approximate surface area is 78.6 Å². The smallest absolute Gasteiger partial charge is 0.308 e. The van der Waals surface area contributed by atoms with Crippen LogP contribution >= 0.6 is 15.9 Å². The first-order valence-corrected chi connectivity index (χ1v) is 4.12. The second kappa shape index (κ2) is 3.58. The highest BCUT2D eigenvalue weighted by molar-refractivity contribution is 9.10. The first kappa shape index (κ1) is 9.06. The molecule has 0 unspecified atom stereocenters. The molecule has 0 saturated carbocycles. The summed E-state index contributed by atoms with van der Waals surface area (Å²) in [7, 11) is 0. The second-order valence-corrected chi connectivity index (χ2v) is 3.13. The van der Waals surface area contributed by atoms with E-state index in [9.17, 15) is 4.79 Å². The Morgan fingerprint density at radius 2 is 2.25 bits per heavy atom. The highest BCUT2D eigenvalue weighted by atomic mass is 79.9. The number of nitrogen functional groups attached to an aromatic ring is 1. The van der Waals surface area contributed by atoms with Crippen molar-refractivity contribution in [1.82, 2.24) is 0 Å². The standard InChI is InChI=1S/C8H8BrNO2/c1-5(11)12-6-2-3-8(10)7(9)4-6/h2-4H,10H2,1H3. The number of halogens is 1. The fourth-order valence-electron chi connectivity index (χ4n) is 0.737. The Hall–Kier alpha value is -1.03. The summed E-state index contributed by atoms with van der Waals surface area (Å²) in [6.07, 6.45) is 0. The predicted octanol–water partition coefficient (Wildman–Crippen LogP) is 1.96. The molecule has 12 heavy (non-hydrogen) atoms. The second-order valence-electron chi connectivity index (χ2n) is 2.28. The molecule has 0 spiro atoms. The molecule has 0 aromatic heterocycles. The Morgan fingerprint density at radius 3 is 2.75 bits per heavy atom. The monoisotopic (exact) mass is 229 g/mol. The van der Waals surface area contributed by atoms with Crippen molar-refractivity contribution in [3.63, 3.8) is 0 Å². The number of carbonyl (C=O) groups is 1. The molecule has 0 amide bonds. The molecule has 0 saturated heterocycles. The number of rotatable bonds is 1. The van der Waals surface area contributed by atoms with Crippen LogP contribution in [0.3, 0.4) is 0 Å². The number of ether oxygens (including phenoxy) is 1. The van der Waals surface area contributed by atoms with Gasteiger partial charge in [0.1, 0.15) is 5.75 Å². The fourth-order valence-corrected chi connectivity index (χ4v) is 1.10. The van der Waals surface area contributed by atoms with E-state index in [0.29, 0.717) is 11.4 Å². The Kier molecular flexibility index (Phi) is 2.70. The van der Waals surface area contributed by atoms with Crippen molar-refractivity contribution in [1.29, 1.82) is 0 Å². The van der Waals surface area contributed by atoms with Gasteiger partial charge < -0.3 is 10.5 Å². The number of hydrogen-bond acceptors (Lipinski definition) is 3. The predicted molar refractivity (Wildman–Crippen MR) is 49.9 cm³/mol. The lowest BCUT2D eigenvalue weighted by atomic mass is 10.3. The van der Waals surface area contributed by atoms with E-state index in [0.717, 1.165) is 4.47 Å². The van der Waals surface area contributed by atoms with Gasteiger partial charge in [-0.15, -0.1) is 0 Å². The van der Waals surface area contributed by atoms with Gasteiger partial charge in [-0.1, -0.05) is 0 Å². The molecule has 0 heterocycles. The SMILES string of the molecule is CC(=O)Oc1ccc(N)c(Br)c1. The summed E-state index contributed by atoms with van der Waals surface area (Å²) in [5, 5.41) is 0. The van der Waals surface area contributed by atoms with Crippen molar-refractivity contribution in [2.75, 3.05) is 5.73 Å². The van der Waals surface area contributed by atoms with Gasteiger partial charge in [-0.05, 0) is 34.1 Å². The van der Waals surface area contributed by atoms with Crippen LogP contribution in [0.5, 0.6) is 5.75 Å². The molecule has 0 radical (unpaired) electrons. The topological polar surface area (TPSA) is 52.3 Å². The summed E-state index contributed by atoms with van der Waals surface area (Å²) < 4.78 is 5.55. The normalized spacial score (nSPS) is 9.50. The molecule has 1 aromatic rings. The van der Waals surface area contributed by atoms with Crippen LogP contribution < -0.4 is 10.5 Å². The van der Waals surface area contributed by atoms with E-state index < -0.39 is 0 Å². The van der Waals surface area contributed by atoms with Crippen LogP contribution in [0.2, 0.25) is 0 Å². The maximum absolute atomic E-state index is 10.5. The van der Waals surface area contributed by atoms with Crippen LogP contribution in [-0.2, 0) is 4.79 Å². The van der Waals surface area contributed by atoms with Crippen LogP contribution in [0, 0.1) is 0 Å². The van der Waals surface area contributed by atoms with Crippen molar-refractivity contribution >= 4 is 27.6 Å². The quantitative estimate of drug-likeness (QED) is 0.455. The zero-order valence-electron chi connectivity index (χ0n) is 6.50. The molecular weight excluding hydrogens is 222 g/mol. The summed E-state index contributed by atoms with van der Waals surface area (Å²) in [6.45, 7) is 1.35. The number of hydrogen-bond donors (Lipinski definition) is 1. The van der Waals surface area contributed by atoms with Crippen molar-refractivity contribution in [3.05, 3.63) is 22.7 Å². The molecule has 0 fully saturated rings. The van der Waals surface area contributed by atoms with E-state index in [1.54, 1.807) is 18.2 Å². The highest BCUT2D eigenvalue weighted by Crippen LogP contribution is 2.24. The van der Waals surface area contributed by atoms with Gasteiger partial charge in [0.05, 0.1) is 0 Å². The number of anilines is 1. The maximum Gasteiger partial charge on any atom is 0.308 e. The van der Waals surface area contributed by atoms with Gasteiger partial charge in [-0.3, -0.25) is 4.79 Å². The van der Waals surface area contributed by atoms with E-state index in [-0.39, 0.29) is 5.97 Å². The van der Waals surface area contributed by atoms with Crippen molar-refractivity contribution < 1.29 is 9.53 Å². The van der Waals surface area contributed by atoms with Gasteiger partial charge >= 0.3 is 5.97 Å². The number of benzene rings is 1. The van der Waals surface area contributed by atoms with Gasteiger partial charge in [0.15, 0.2) is 0 Å². The molecular formula is C8H8BrNO2. The van der Waals surface area contributed by atoms with Gasteiger partial charge in [0, 0.05) is 17.1 Å². The summed E-state index contributed by atoms with van der Waals surface area (Å²) in [5.41, 5.74) is 6.15. The summed E-state index contributed by atoms with van der Waals surface area (Å²) >= 11 is 3.22. The van der Waals surface area contributed by atoms with E-state index in [4.69, 9.17) is 10.5 Å². The van der Waals surface area contributed by atoms with Gasteiger partial charge in [0.25, 0.3) is 0 Å². The lowest BCUT2D eigenvalue weighted by Gasteiger charge is -2.02. The first-order chi connectivity index (χ1) is 5.59. The maximum atomic E-state index is 10.5. The first-order valence-electron chi connectivity index (χ1n) is 3.33. The average molecular weight is 230 g/mol. The van der Waals surface area contributed by atoms with Crippen LogP contribution in [0.15, 0.2) is 22.7 Å². The van der Waals surface area contributed by atoms with E-state index in [1.165, 1.54) is 6.92 Å². The Morgan fingerprint density at radius 1 is 1.58 bits per heavy atom. The van der Waals surface area contributed by atoms with Crippen LogP contribution in [0.1, 0.15) is 6.92 Å². The summed E-state index contributed by atoms with van der Waals surface area (Å²) in [6, 6.07) is 4.96. The number of nitrogens with two attached hydrogens (primary N) is 1. The van der Waals surface area contributed by atoms with Gasteiger partial charge in [0.2, 0.25) is 0 Å². The van der Waals surface area contributed by atoms with Gasteiger partial charge in [-0.2, -0.15) is 0 Å². The molecule has 0 aliphatic rings. The molecule has 0 atom stereocenters. The number of esters is 1. The van der Waals surface area contributed by atoms with Crippen molar-refractivity contribution in [2.45, 2.75) is 6.92 Å². The highest BCUT2D eigenvalue weighted by Gasteiger charge is 2.00. The molecule has 64 valence electrons. The minimum absolute atomic E-state index is 0.341. The van der Waals surface area contributed by atoms with E-state index in [1.807, 2.05) is 0 Å². The molecule has 1 rings (SSSR count). The Balaban J connectivity index is 2.89. The van der Waals surface area contributed by atoms with Crippen LogP contribution in [-0.4, -0.2) is 5.97 Å². The molecule has 0 bridgehead atoms. The fraction of sp³-hybridized carbons (Fsp3) is 0.125. The molecule has 0 aliphatic heterocycles. The lowest BCUT2D eigenvalue weighted by Crippen LogP contribution is -2.01. The van der Waals surface area contributed by atoms with Gasteiger partial charge in [-0.25, -0.2) is 0 Å². The summed E-state index contributed by atoms with van der Waals surface area (Å²) in [5.74, 6) is 0.148. The largest absolute Gasteiger partial charge is 0.427 e. The van der Waals surface area contributed by atoms with Crippen molar-refractivity contribution in [3.8, 4) is 5.75 Å². The molecule has 4 heteroatoms.